The van der Waals surface area contributed by atoms with E-state index in [1.165, 1.54) is 6.33 Å². The van der Waals surface area contributed by atoms with E-state index in [1.54, 1.807) is 18.2 Å². The number of anilines is 1. The van der Waals surface area contributed by atoms with E-state index in [0.717, 1.165) is 33.2 Å². The molecule has 0 fully saturated rings. The van der Waals surface area contributed by atoms with Gasteiger partial charge in [0.2, 0.25) is 0 Å². The van der Waals surface area contributed by atoms with Gasteiger partial charge < -0.3 is 20.4 Å². The van der Waals surface area contributed by atoms with Crippen molar-refractivity contribution in [3.63, 3.8) is 0 Å². The number of nitrogen functional groups attached to an aromatic ring is 1. The molecule has 0 unspecified atom stereocenters. The average molecular weight is 335 g/mol. The van der Waals surface area contributed by atoms with Crippen LogP contribution < -0.4 is 5.73 Å². The van der Waals surface area contributed by atoms with Crippen molar-refractivity contribution in [1.29, 1.82) is 0 Å². The summed E-state index contributed by atoms with van der Waals surface area (Å²) in [5.74, 6) is -0.531. The number of aromatic carboxylic acids is 1. The van der Waals surface area contributed by atoms with E-state index < -0.39 is 5.97 Å². The highest BCUT2D eigenvalue weighted by Crippen LogP contribution is 2.35. The maximum absolute atomic E-state index is 11.2. The van der Waals surface area contributed by atoms with E-state index >= 15 is 0 Å². The van der Waals surface area contributed by atoms with Crippen molar-refractivity contribution in [2.45, 2.75) is 19.9 Å². The summed E-state index contributed by atoms with van der Waals surface area (Å²) in [6, 6.07) is 7.21. The summed E-state index contributed by atoms with van der Waals surface area (Å²) in [4.78, 5) is 23.0. The number of fused-ring (bicyclic) bond motifs is 2. The van der Waals surface area contributed by atoms with Crippen LogP contribution in [-0.2, 0) is 0 Å². The highest BCUT2D eigenvalue weighted by atomic mass is 16.4. The molecule has 0 saturated carbocycles. The molecular weight excluding hydrogens is 318 g/mol. The predicted octanol–water partition coefficient (Wildman–Crippen LogP) is 3.44. The van der Waals surface area contributed by atoms with Gasteiger partial charge in [0.1, 0.15) is 17.8 Å². The van der Waals surface area contributed by atoms with Crippen molar-refractivity contribution in [1.82, 2.24) is 19.5 Å². The van der Waals surface area contributed by atoms with Crippen LogP contribution in [0, 0.1) is 0 Å². The third kappa shape index (κ3) is 2.32. The Morgan fingerprint density at radius 2 is 2.08 bits per heavy atom. The quantitative estimate of drug-likeness (QED) is 0.531. The number of nitrogens with zero attached hydrogens (tertiary/aromatic N) is 3. The molecule has 0 saturated heterocycles. The molecule has 1 aromatic carbocycles. The zero-order chi connectivity index (χ0) is 17.7. The number of nitrogens with two attached hydrogens (primary N) is 1. The minimum atomic E-state index is -0.952. The van der Waals surface area contributed by atoms with E-state index in [1.807, 2.05) is 12.3 Å². The fraction of sp³-hybridized carbons (Fsp3) is 0.167. The van der Waals surface area contributed by atoms with Crippen molar-refractivity contribution in [3.8, 4) is 11.3 Å². The molecule has 0 spiro atoms. The highest BCUT2D eigenvalue weighted by molar-refractivity contribution is 6.02. The number of nitrogens with one attached hydrogen (secondary N) is 1. The largest absolute Gasteiger partial charge is 0.478 e. The number of carboxylic acids is 1. The Bertz CT molecular complexity index is 1120. The molecule has 25 heavy (non-hydrogen) atoms. The van der Waals surface area contributed by atoms with Crippen LogP contribution in [0.5, 0.6) is 0 Å². The average Bonchev–Trinajstić information content (AvgIpc) is 3.15. The number of aromatic amines is 1. The Morgan fingerprint density at radius 1 is 1.28 bits per heavy atom. The van der Waals surface area contributed by atoms with E-state index in [9.17, 15) is 4.79 Å². The van der Waals surface area contributed by atoms with Crippen LogP contribution in [0.15, 0.2) is 36.8 Å². The van der Waals surface area contributed by atoms with Gasteiger partial charge in [0, 0.05) is 34.4 Å². The summed E-state index contributed by atoms with van der Waals surface area (Å²) >= 11 is 0. The van der Waals surface area contributed by atoms with Gasteiger partial charge >= 0.3 is 5.97 Å². The summed E-state index contributed by atoms with van der Waals surface area (Å²) in [5.41, 5.74) is 9.64. The van der Waals surface area contributed by atoms with Gasteiger partial charge in [0.15, 0.2) is 0 Å². The van der Waals surface area contributed by atoms with Crippen LogP contribution in [0.25, 0.3) is 33.2 Å². The predicted molar refractivity (Wildman–Crippen MR) is 96.6 cm³/mol. The maximum Gasteiger partial charge on any atom is 0.335 e. The van der Waals surface area contributed by atoms with Crippen LogP contribution >= 0.6 is 0 Å². The smallest absolute Gasteiger partial charge is 0.335 e. The Kier molecular flexibility index (Phi) is 3.24. The molecule has 0 bridgehead atoms. The molecular formula is C18H17N5O2. The third-order valence-corrected chi connectivity index (χ3v) is 4.35. The lowest BCUT2D eigenvalue weighted by Crippen LogP contribution is -2.00. The van der Waals surface area contributed by atoms with Gasteiger partial charge in [0.25, 0.3) is 0 Å². The van der Waals surface area contributed by atoms with E-state index in [-0.39, 0.29) is 11.6 Å². The summed E-state index contributed by atoms with van der Waals surface area (Å²) in [7, 11) is 0. The summed E-state index contributed by atoms with van der Waals surface area (Å²) < 4.78 is 2.05. The molecule has 4 N–H and O–H groups in total. The number of carboxylic acid groups (broad SMARTS) is 1. The van der Waals surface area contributed by atoms with Crippen LogP contribution in [-0.4, -0.2) is 30.6 Å². The molecule has 0 amide bonds. The molecule has 3 aromatic heterocycles. The fourth-order valence-electron chi connectivity index (χ4n) is 3.11. The van der Waals surface area contributed by atoms with Gasteiger partial charge in [-0.3, -0.25) is 0 Å². The molecule has 7 heteroatoms. The first-order valence-electron chi connectivity index (χ1n) is 7.93. The number of carbonyl (C=O) groups is 1. The van der Waals surface area contributed by atoms with Crippen molar-refractivity contribution >= 4 is 33.7 Å². The Morgan fingerprint density at radius 3 is 2.80 bits per heavy atom. The minimum Gasteiger partial charge on any atom is -0.478 e. The normalized spacial score (nSPS) is 11.6. The van der Waals surface area contributed by atoms with Gasteiger partial charge in [0.05, 0.1) is 10.9 Å². The van der Waals surface area contributed by atoms with Gasteiger partial charge in [-0.15, -0.1) is 0 Å². The summed E-state index contributed by atoms with van der Waals surface area (Å²) in [6.45, 7) is 4.15. The minimum absolute atomic E-state index is 0.216. The Balaban J connectivity index is 1.98. The second-order valence-electron chi connectivity index (χ2n) is 6.29. The van der Waals surface area contributed by atoms with Gasteiger partial charge in [-0.25, -0.2) is 14.8 Å². The monoisotopic (exact) mass is 335 g/mol. The van der Waals surface area contributed by atoms with Crippen molar-refractivity contribution < 1.29 is 9.90 Å². The molecule has 4 aromatic rings. The number of aromatic nitrogens is 4. The topological polar surface area (TPSA) is 110 Å². The molecule has 0 atom stereocenters. The molecule has 0 aliphatic heterocycles. The molecule has 0 aliphatic carbocycles. The van der Waals surface area contributed by atoms with Crippen molar-refractivity contribution in [2.24, 2.45) is 0 Å². The first-order chi connectivity index (χ1) is 12.0. The first kappa shape index (κ1) is 15.2. The number of hydrogen-bond donors (Lipinski definition) is 3. The van der Waals surface area contributed by atoms with Crippen LogP contribution in [0.2, 0.25) is 0 Å². The second kappa shape index (κ2) is 5.34. The van der Waals surface area contributed by atoms with E-state index in [2.05, 4.69) is 33.4 Å². The second-order valence-corrected chi connectivity index (χ2v) is 6.29. The lowest BCUT2D eigenvalue weighted by molar-refractivity contribution is 0.0697. The Hall–Kier alpha value is -3.35. The van der Waals surface area contributed by atoms with E-state index in [4.69, 9.17) is 10.8 Å². The van der Waals surface area contributed by atoms with Crippen LogP contribution in [0.4, 0.5) is 5.82 Å². The molecule has 7 nitrogen and oxygen atoms in total. The van der Waals surface area contributed by atoms with Gasteiger partial charge in [-0.2, -0.15) is 0 Å². The number of rotatable bonds is 3. The summed E-state index contributed by atoms with van der Waals surface area (Å²) in [6.07, 6.45) is 3.47. The number of benzene rings is 1. The lowest BCUT2D eigenvalue weighted by Gasteiger charge is -2.07. The maximum atomic E-state index is 11.2. The SMILES string of the molecule is CC(C)n1cc(-c2cc3ccc(C(=O)O)cc3[nH]2)c2c(N)ncnc21. The highest BCUT2D eigenvalue weighted by Gasteiger charge is 2.18. The lowest BCUT2D eigenvalue weighted by atomic mass is 10.1. The molecule has 3 heterocycles. The number of hydrogen-bond acceptors (Lipinski definition) is 4. The van der Waals surface area contributed by atoms with Gasteiger partial charge in [-0.05, 0) is 32.0 Å². The molecule has 0 aliphatic rings. The van der Waals surface area contributed by atoms with Crippen LogP contribution in [0.3, 0.4) is 0 Å². The molecule has 126 valence electrons. The zero-order valence-corrected chi connectivity index (χ0v) is 13.8. The molecule has 0 radical (unpaired) electrons. The fourth-order valence-corrected chi connectivity index (χ4v) is 3.11. The Labute approximate surface area is 143 Å². The first-order valence-corrected chi connectivity index (χ1v) is 7.93. The third-order valence-electron chi connectivity index (χ3n) is 4.35. The van der Waals surface area contributed by atoms with Crippen molar-refractivity contribution in [3.05, 3.63) is 42.4 Å². The van der Waals surface area contributed by atoms with Crippen LogP contribution in [0.1, 0.15) is 30.2 Å². The summed E-state index contributed by atoms with van der Waals surface area (Å²) in [5, 5.41) is 10.9. The molecule has 4 rings (SSSR count). The van der Waals surface area contributed by atoms with Crippen molar-refractivity contribution in [2.75, 3.05) is 5.73 Å². The van der Waals surface area contributed by atoms with Gasteiger partial charge in [-0.1, -0.05) is 6.07 Å². The van der Waals surface area contributed by atoms with E-state index in [0.29, 0.717) is 5.82 Å². The standard InChI is InChI=1S/C18H17N5O2/c1-9(2)23-7-12(15-16(19)20-8-21-17(15)23)14-5-10-3-4-11(18(24)25)6-13(10)22-14/h3-9,22H,1-2H3,(H,24,25)(H2,19,20,21). The number of H-pyrrole nitrogens is 1. The zero-order valence-electron chi connectivity index (χ0n) is 13.8.